The number of nitrogens with zero attached hydrogens (tertiary/aromatic N) is 1. The van der Waals surface area contributed by atoms with Gasteiger partial charge in [-0.2, -0.15) is 0 Å². The van der Waals surface area contributed by atoms with Gasteiger partial charge in [-0.25, -0.2) is 4.90 Å². The van der Waals surface area contributed by atoms with Crippen LogP contribution in [0.5, 0.6) is 11.5 Å². The Morgan fingerprint density at radius 3 is 2.16 bits per heavy atom. The number of benzene rings is 2. The van der Waals surface area contributed by atoms with Crippen LogP contribution in [0.4, 0.5) is 11.4 Å². The van der Waals surface area contributed by atoms with Crippen LogP contribution in [0, 0.1) is 0 Å². The van der Waals surface area contributed by atoms with Gasteiger partial charge in [-0.3, -0.25) is 9.59 Å². The Labute approximate surface area is 184 Å². The molecule has 158 valence electrons. The molecule has 3 aromatic rings. The summed E-state index contributed by atoms with van der Waals surface area (Å²) >= 11 is 1.41. The summed E-state index contributed by atoms with van der Waals surface area (Å²) in [5, 5.41) is 5.03. The third-order valence-corrected chi connectivity index (χ3v) is 5.96. The highest BCUT2D eigenvalue weighted by Crippen LogP contribution is 2.36. The van der Waals surface area contributed by atoms with Crippen molar-refractivity contribution in [2.75, 3.05) is 24.4 Å². The van der Waals surface area contributed by atoms with Crippen LogP contribution in [0.3, 0.4) is 0 Å². The van der Waals surface area contributed by atoms with Gasteiger partial charge in [-0.15, -0.1) is 11.3 Å². The number of carbonyl (C=O) groups is 2. The molecule has 0 radical (unpaired) electrons. The Bertz CT molecular complexity index is 1130. The molecule has 0 unspecified atom stereocenters. The fourth-order valence-electron chi connectivity index (χ4n) is 3.43. The fraction of sp³-hybridized carbons (Fsp3) is 0.167. The Morgan fingerprint density at radius 2 is 1.61 bits per heavy atom. The number of ether oxygens (including phenoxy) is 2. The van der Waals surface area contributed by atoms with Crippen LogP contribution in [-0.4, -0.2) is 26.0 Å². The Balaban J connectivity index is 1.77. The number of thiophene rings is 1. The number of hydrogen-bond acceptors (Lipinski definition) is 6. The summed E-state index contributed by atoms with van der Waals surface area (Å²) in [7, 11) is 3.11. The molecule has 0 spiro atoms. The van der Waals surface area contributed by atoms with Crippen molar-refractivity contribution in [2.45, 2.75) is 13.3 Å². The van der Waals surface area contributed by atoms with E-state index in [1.165, 1.54) is 16.2 Å². The van der Waals surface area contributed by atoms with E-state index in [0.717, 1.165) is 16.9 Å². The van der Waals surface area contributed by atoms with Crippen LogP contribution in [0.2, 0.25) is 0 Å². The number of aryl methyl sites for hydroxylation is 1. The van der Waals surface area contributed by atoms with E-state index in [1.807, 2.05) is 29.6 Å². The number of imide groups is 1. The van der Waals surface area contributed by atoms with Crippen molar-refractivity contribution in [3.8, 4) is 11.5 Å². The number of methoxy groups -OCH3 is 2. The van der Waals surface area contributed by atoms with E-state index in [1.54, 1.807) is 44.6 Å². The van der Waals surface area contributed by atoms with Crippen molar-refractivity contribution in [2.24, 2.45) is 0 Å². The molecule has 2 heterocycles. The molecule has 1 aliphatic rings. The van der Waals surface area contributed by atoms with E-state index in [2.05, 4.69) is 12.2 Å². The maximum atomic E-state index is 13.4. The molecule has 1 N–H and O–H groups in total. The predicted molar refractivity (Wildman–Crippen MR) is 123 cm³/mol. The second-order valence-electron chi connectivity index (χ2n) is 6.92. The van der Waals surface area contributed by atoms with Gasteiger partial charge in [0.15, 0.2) is 0 Å². The van der Waals surface area contributed by atoms with Crippen molar-refractivity contribution < 1.29 is 19.1 Å². The van der Waals surface area contributed by atoms with Crippen LogP contribution in [0.1, 0.15) is 17.4 Å². The summed E-state index contributed by atoms with van der Waals surface area (Å²) in [4.78, 5) is 28.7. The largest absolute Gasteiger partial charge is 0.497 e. The van der Waals surface area contributed by atoms with E-state index < -0.39 is 5.91 Å². The van der Waals surface area contributed by atoms with Crippen molar-refractivity contribution in [3.63, 3.8) is 0 Å². The second kappa shape index (κ2) is 8.65. The van der Waals surface area contributed by atoms with E-state index in [-0.39, 0.29) is 11.6 Å². The molecule has 1 aromatic heterocycles. The number of rotatable bonds is 7. The minimum Gasteiger partial charge on any atom is -0.497 e. The summed E-state index contributed by atoms with van der Waals surface area (Å²) in [5.74, 6) is 0.390. The molecule has 4 rings (SSSR count). The molecule has 0 fully saturated rings. The number of carbonyl (C=O) groups excluding carboxylic acids is 2. The average molecular weight is 435 g/mol. The van der Waals surface area contributed by atoms with Crippen molar-refractivity contribution in [1.82, 2.24) is 0 Å². The van der Waals surface area contributed by atoms with Gasteiger partial charge in [0.25, 0.3) is 11.8 Å². The van der Waals surface area contributed by atoms with Crippen LogP contribution in [0.15, 0.2) is 65.7 Å². The van der Waals surface area contributed by atoms with E-state index in [9.17, 15) is 9.59 Å². The zero-order valence-electron chi connectivity index (χ0n) is 17.5. The Morgan fingerprint density at radius 1 is 0.935 bits per heavy atom. The smallest absolute Gasteiger partial charge is 0.282 e. The number of nitrogens with one attached hydrogen (secondary N) is 1. The van der Waals surface area contributed by atoms with Gasteiger partial charge in [0.05, 0.1) is 25.5 Å². The lowest BCUT2D eigenvalue weighted by Gasteiger charge is -2.16. The molecule has 1 aliphatic heterocycles. The highest BCUT2D eigenvalue weighted by molar-refractivity contribution is 7.11. The molecular weight excluding hydrogens is 412 g/mol. The molecular formula is C24H22N2O4S. The molecule has 0 saturated carbocycles. The second-order valence-corrected chi connectivity index (χ2v) is 7.87. The highest BCUT2D eigenvalue weighted by atomic mass is 32.1. The number of amides is 2. The molecule has 7 heteroatoms. The van der Waals surface area contributed by atoms with Crippen LogP contribution < -0.4 is 19.7 Å². The van der Waals surface area contributed by atoms with E-state index >= 15 is 0 Å². The summed E-state index contributed by atoms with van der Waals surface area (Å²) in [5.41, 5.74) is 2.84. The average Bonchev–Trinajstić information content (AvgIpc) is 3.40. The van der Waals surface area contributed by atoms with Crippen LogP contribution in [0.25, 0.3) is 5.57 Å². The first kappa shape index (κ1) is 20.7. The summed E-state index contributed by atoms with van der Waals surface area (Å²) in [6.45, 7) is 2.06. The van der Waals surface area contributed by atoms with Crippen LogP contribution >= 0.6 is 11.3 Å². The first-order valence-corrected chi connectivity index (χ1v) is 10.7. The van der Waals surface area contributed by atoms with Gasteiger partial charge in [0.1, 0.15) is 17.2 Å². The molecule has 0 bridgehead atoms. The quantitative estimate of drug-likeness (QED) is 0.545. The number of anilines is 2. The van der Waals surface area contributed by atoms with Gasteiger partial charge in [0.2, 0.25) is 0 Å². The maximum absolute atomic E-state index is 13.4. The van der Waals surface area contributed by atoms with Gasteiger partial charge in [-0.1, -0.05) is 25.1 Å². The lowest BCUT2D eigenvalue weighted by Crippen LogP contribution is -2.32. The fourth-order valence-corrected chi connectivity index (χ4v) is 4.20. The predicted octanol–water partition coefficient (Wildman–Crippen LogP) is 4.72. The minimum atomic E-state index is -0.403. The molecule has 0 atom stereocenters. The van der Waals surface area contributed by atoms with E-state index in [0.29, 0.717) is 28.4 Å². The zero-order chi connectivity index (χ0) is 22.0. The Kier molecular flexibility index (Phi) is 5.77. The molecule has 2 amide bonds. The van der Waals surface area contributed by atoms with Crippen molar-refractivity contribution >= 4 is 40.1 Å². The normalized spacial score (nSPS) is 13.7. The topological polar surface area (TPSA) is 67.9 Å². The monoisotopic (exact) mass is 434 g/mol. The molecule has 0 aliphatic carbocycles. The first-order valence-electron chi connectivity index (χ1n) is 9.81. The van der Waals surface area contributed by atoms with Crippen molar-refractivity contribution in [1.29, 1.82) is 0 Å². The first-order chi connectivity index (χ1) is 15.0. The highest BCUT2D eigenvalue weighted by Gasteiger charge is 2.40. The van der Waals surface area contributed by atoms with Gasteiger partial charge in [-0.05, 0) is 35.6 Å². The van der Waals surface area contributed by atoms with Gasteiger partial charge in [0, 0.05) is 28.8 Å². The lowest BCUT2D eigenvalue weighted by molar-refractivity contribution is -0.120. The van der Waals surface area contributed by atoms with Gasteiger partial charge >= 0.3 is 0 Å². The van der Waals surface area contributed by atoms with Gasteiger partial charge < -0.3 is 14.8 Å². The molecule has 2 aromatic carbocycles. The summed E-state index contributed by atoms with van der Waals surface area (Å²) in [6.07, 6.45) is 0.880. The summed E-state index contributed by atoms with van der Waals surface area (Å²) in [6, 6.07) is 16.4. The molecule has 6 nitrogen and oxygen atoms in total. The van der Waals surface area contributed by atoms with E-state index in [4.69, 9.17) is 9.47 Å². The number of hydrogen-bond donors (Lipinski definition) is 1. The maximum Gasteiger partial charge on any atom is 0.282 e. The lowest BCUT2D eigenvalue weighted by atomic mass is 10.1. The third-order valence-electron chi connectivity index (χ3n) is 5.08. The summed E-state index contributed by atoms with van der Waals surface area (Å²) < 4.78 is 10.6. The third kappa shape index (κ3) is 3.92. The minimum absolute atomic E-state index is 0.224. The van der Waals surface area contributed by atoms with Crippen molar-refractivity contribution in [3.05, 3.63) is 76.1 Å². The Hall–Kier alpha value is -3.58. The SMILES string of the molecule is CCc1ccc(N2C(=O)C(Nc3cc(OC)cc(OC)c3)=C(c3cccs3)C2=O)cc1. The molecule has 0 saturated heterocycles. The standard InChI is InChI=1S/C24H22N2O4S/c1-4-15-7-9-17(10-8-15)26-23(27)21(20-6-5-11-31-20)22(24(26)28)25-16-12-18(29-2)14-19(13-16)30-3/h5-14,25H,4H2,1-3H3. The van der Waals surface area contributed by atoms with Crippen LogP contribution in [-0.2, 0) is 16.0 Å². The molecule has 31 heavy (non-hydrogen) atoms. The zero-order valence-corrected chi connectivity index (χ0v) is 18.3.